The Hall–Kier alpha value is -3.19. The van der Waals surface area contributed by atoms with Gasteiger partial charge in [0.25, 0.3) is 0 Å². The average molecular weight is 322 g/mol. The van der Waals surface area contributed by atoms with Gasteiger partial charge >= 0.3 is 6.01 Å². The van der Waals surface area contributed by atoms with Crippen LogP contribution in [0.5, 0.6) is 6.01 Å². The van der Waals surface area contributed by atoms with Crippen LogP contribution in [0.2, 0.25) is 0 Å². The average Bonchev–Trinajstić information content (AvgIpc) is 2.57. The molecule has 0 amide bonds. The molecule has 0 aliphatic heterocycles. The molecule has 0 atom stereocenters. The zero-order valence-electron chi connectivity index (χ0n) is 13.2. The summed E-state index contributed by atoms with van der Waals surface area (Å²) in [6.45, 7) is 2.49. The number of nitrogens with two attached hydrogens (primary N) is 1. The van der Waals surface area contributed by atoms with Crippen LogP contribution in [0.25, 0.3) is 0 Å². The van der Waals surface area contributed by atoms with Crippen molar-refractivity contribution >= 4 is 23.3 Å². The molecule has 0 aliphatic rings. The fourth-order valence-corrected chi connectivity index (χ4v) is 2.10. The van der Waals surface area contributed by atoms with Crippen LogP contribution in [-0.2, 0) is 6.54 Å². The zero-order valence-corrected chi connectivity index (χ0v) is 13.2. The molecule has 0 saturated heterocycles. The minimum atomic E-state index is -0.360. The van der Waals surface area contributed by atoms with Crippen molar-refractivity contribution in [1.29, 1.82) is 0 Å². The van der Waals surface area contributed by atoms with Gasteiger partial charge in [-0.05, 0) is 36.8 Å². The molecule has 0 unspecified atom stereocenters. The van der Waals surface area contributed by atoms with Gasteiger partial charge in [0.2, 0.25) is 11.9 Å². The molecule has 0 bridgehead atoms. The number of aryl methyl sites for hydroxylation is 1. The maximum absolute atomic E-state index is 9.72. The van der Waals surface area contributed by atoms with Crippen molar-refractivity contribution in [2.75, 3.05) is 10.6 Å². The molecule has 5 N–H and O–H groups in total. The van der Waals surface area contributed by atoms with E-state index in [0.717, 1.165) is 22.5 Å². The number of aromatic hydroxyl groups is 1. The first-order valence-corrected chi connectivity index (χ1v) is 7.47. The SMILES string of the molecule is Cc1ccc(Nc2nc(O)nc(Nc3ccc(CN)cc3)n2)cc1. The van der Waals surface area contributed by atoms with Crippen LogP contribution in [0, 0.1) is 6.92 Å². The highest BCUT2D eigenvalue weighted by atomic mass is 16.3. The van der Waals surface area contributed by atoms with Gasteiger partial charge in [-0.3, -0.25) is 0 Å². The summed E-state index contributed by atoms with van der Waals surface area (Å²) in [5, 5.41) is 15.8. The topological polar surface area (TPSA) is 109 Å². The molecule has 7 nitrogen and oxygen atoms in total. The Labute approximate surface area is 139 Å². The van der Waals surface area contributed by atoms with E-state index in [9.17, 15) is 5.11 Å². The smallest absolute Gasteiger partial charge is 0.320 e. The maximum atomic E-state index is 9.72. The Balaban J connectivity index is 1.78. The van der Waals surface area contributed by atoms with Gasteiger partial charge in [0, 0.05) is 17.9 Å². The number of anilines is 4. The number of hydrogen-bond acceptors (Lipinski definition) is 7. The van der Waals surface area contributed by atoms with Crippen molar-refractivity contribution in [2.45, 2.75) is 13.5 Å². The second-order valence-electron chi connectivity index (χ2n) is 5.30. The molecule has 0 fully saturated rings. The van der Waals surface area contributed by atoms with Crippen LogP contribution in [-0.4, -0.2) is 20.1 Å². The third kappa shape index (κ3) is 3.96. The molecule has 0 spiro atoms. The summed E-state index contributed by atoms with van der Waals surface area (Å²) in [4.78, 5) is 12.0. The standard InChI is InChI=1S/C17H18N6O/c1-11-2-6-13(7-3-11)19-15-21-16(23-17(24)22-15)20-14-8-4-12(10-18)5-9-14/h2-9H,10,18H2,1H3,(H3,19,20,21,22,23,24). The second-order valence-corrected chi connectivity index (χ2v) is 5.30. The number of nitrogens with zero attached hydrogens (tertiary/aromatic N) is 3. The lowest BCUT2D eigenvalue weighted by Crippen LogP contribution is -2.03. The monoisotopic (exact) mass is 322 g/mol. The molecule has 3 rings (SSSR count). The third-order valence-electron chi connectivity index (χ3n) is 3.38. The first-order chi connectivity index (χ1) is 11.6. The van der Waals surface area contributed by atoms with Crippen molar-refractivity contribution in [2.24, 2.45) is 5.73 Å². The van der Waals surface area contributed by atoms with Gasteiger partial charge in [0.15, 0.2) is 0 Å². The summed E-state index contributed by atoms with van der Waals surface area (Å²) in [7, 11) is 0. The van der Waals surface area contributed by atoms with Gasteiger partial charge in [0.1, 0.15) is 0 Å². The quantitative estimate of drug-likeness (QED) is 0.572. The van der Waals surface area contributed by atoms with Crippen molar-refractivity contribution in [3.05, 3.63) is 59.7 Å². The molecule has 122 valence electrons. The van der Waals surface area contributed by atoms with E-state index in [1.807, 2.05) is 55.5 Å². The number of hydrogen-bond donors (Lipinski definition) is 4. The van der Waals surface area contributed by atoms with E-state index in [-0.39, 0.29) is 17.9 Å². The number of rotatable bonds is 5. The first kappa shape index (κ1) is 15.7. The summed E-state index contributed by atoms with van der Waals surface area (Å²) in [5.41, 5.74) is 9.38. The van der Waals surface area contributed by atoms with E-state index in [4.69, 9.17) is 5.73 Å². The van der Waals surface area contributed by atoms with Crippen molar-refractivity contribution < 1.29 is 5.11 Å². The van der Waals surface area contributed by atoms with Crippen molar-refractivity contribution in [1.82, 2.24) is 15.0 Å². The summed E-state index contributed by atoms with van der Waals surface area (Å²) in [6, 6.07) is 15.0. The summed E-state index contributed by atoms with van der Waals surface area (Å²) in [5.74, 6) is 0.505. The Bertz CT molecular complexity index is 817. The van der Waals surface area contributed by atoms with Crippen LogP contribution >= 0.6 is 0 Å². The molecule has 1 aromatic heterocycles. The number of benzene rings is 2. The number of nitrogens with one attached hydrogen (secondary N) is 2. The Morgan fingerprint density at radius 3 is 1.83 bits per heavy atom. The fraction of sp³-hybridized carbons (Fsp3) is 0.118. The van der Waals surface area contributed by atoms with Crippen molar-refractivity contribution in [3.8, 4) is 6.01 Å². The largest absolute Gasteiger partial charge is 0.479 e. The van der Waals surface area contributed by atoms with E-state index >= 15 is 0 Å². The van der Waals surface area contributed by atoms with Crippen molar-refractivity contribution in [3.63, 3.8) is 0 Å². The van der Waals surface area contributed by atoms with Gasteiger partial charge in [-0.25, -0.2) is 0 Å². The molecule has 0 aliphatic carbocycles. The molecule has 24 heavy (non-hydrogen) atoms. The van der Waals surface area contributed by atoms with Crippen LogP contribution in [0.1, 0.15) is 11.1 Å². The maximum Gasteiger partial charge on any atom is 0.320 e. The molecule has 1 heterocycles. The van der Waals surface area contributed by atoms with Gasteiger partial charge < -0.3 is 21.5 Å². The minimum Gasteiger partial charge on any atom is -0.479 e. The summed E-state index contributed by atoms with van der Waals surface area (Å²) in [6.07, 6.45) is 0. The summed E-state index contributed by atoms with van der Waals surface area (Å²) < 4.78 is 0. The van der Waals surface area contributed by atoms with Crippen LogP contribution < -0.4 is 16.4 Å². The molecule has 7 heteroatoms. The minimum absolute atomic E-state index is 0.248. The van der Waals surface area contributed by atoms with Crippen LogP contribution in [0.15, 0.2) is 48.5 Å². The van der Waals surface area contributed by atoms with Crippen LogP contribution in [0.3, 0.4) is 0 Å². The lowest BCUT2D eigenvalue weighted by atomic mass is 10.2. The highest BCUT2D eigenvalue weighted by Crippen LogP contribution is 2.19. The summed E-state index contributed by atoms with van der Waals surface area (Å²) >= 11 is 0. The Kier molecular flexibility index (Phi) is 4.53. The van der Waals surface area contributed by atoms with Gasteiger partial charge in [-0.15, -0.1) is 0 Å². The lowest BCUT2D eigenvalue weighted by Gasteiger charge is -2.09. The Morgan fingerprint density at radius 1 is 0.833 bits per heavy atom. The van der Waals surface area contributed by atoms with Crippen LogP contribution in [0.4, 0.5) is 23.3 Å². The number of aromatic nitrogens is 3. The van der Waals surface area contributed by atoms with Gasteiger partial charge in [-0.1, -0.05) is 29.8 Å². The molecular formula is C17H18N6O. The molecule has 2 aromatic carbocycles. The highest BCUT2D eigenvalue weighted by Gasteiger charge is 2.06. The highest BCUT2D eigenvalue weighted by molar-refractivity contribution is 5.58. The fourth-order valence-electron chi connectivity index (χ4n) is 2.10. The normalized spacial score (nSPS) is 10.4. The lowest BCUT2D eigenvalue weighted by molar-refractivity contribution is 0.430. The zero-order chi connectivity index (χ0) is 16.9. The predicted octanol–water partition coefficient (Wildman–Crippen LogP) is 2.83. The van der Waals surface area contributed by atoms with E-state index in [1.165, 1.54) is 0 Å². The molecule has 0 radical (unpaired) electrons. The molecule has 0 saturated carbocycles. The second kappa shape index (κ2) is 6.93. The first-order valence-electron chi connectivity index (χ1n) is 7.47. The predicted molar refractivity (Wildman–Crippen MR) is 93.6 cm³/mol. The Morgan fingerprint density at radius 2 is 1.33 bits per heavy atom. The van der Waals surface area contributed by atoms with E-state index in [2.05, 4.69) is 25.6 Å². The van der Waals surface area contributed by atoms with Gasteiger partial charge in [-0.2, -0.15) is 15.0 Å². The van der Waals surface area contributed by atoms with Gasteiger partial charge in [0.05, 0.1) is 0 Å². The molecular weight excluding hydrogens is 304 g/mol. The third-order valence-corrected chi connectivity index (χ3v) is 3.38. The van der Waals surface area contributed by atoms with E-state index in [0.29, 0.717) is 6.54 Å². The van der Waals surface area contributed by atoms with E-state index < -0.39 is 0 Å². The van der Waals surface area contributed by atoms with E-state index in [1.54, 1.807) is 0 Å². The molecule has 3 aromatic rings.